The highest BCUT2D eigenvalue weighted by molar-refractivity contribution is 5.84. The van der Waals surface area contributed by atoms with Crippen molar-refractivity contribution in [2.24, 2.45) is 0 Å². The Labute approximate surface area is 176 Å². The van der Waals surface area contributed by atoms with Crippen molar-refractivity contribution < 1.29 is 9.53 Å². The third-order valence-electron chi connectivity index (χ3n) is 6.36. The van der Waals surface area contributed by atoms with E-state index in [1.165, 1.54) is 24.6 Å². The summed E-state index contributed by atoms with van der Waals surface area (Å²) in [5, 5.41) is 11.3. The van der Waals surface area contributed by atoms with Crippen LogP contribution in [0, 0.1) is 0 Å². The van der Waals surface area contributed by atoms with Gasteiger partial charge in [0.25, 0.3) is 5.91 Å². The number of rotatable bonds is 4. The molecule has 0 spiro atoms. The molecule has 2 aliphatic rings. The van der Waals surface area contributed by atoms with E-state index in [-0.39, 0.29) is 18.4 Å². The summed E-state index contributed by atoms with van der Waals surface area (Å²) in [6.45, 7) is 2.58. The van der Waals surface area contributed by atoms with E-state index in [1.54, 1.807) is 0 Å². The summed E-state index contributed by atoms with van der Waals surface area (Å²) in [5.41, 5.74) is 0. The van der Waals surface area contributed by atoms with Crippen molar-refractivity contribution in [1.29, 1.82) is 0 Å². The first-order chi connectivity index (χ1) is 14.8. The summed E-state index contributed by atoms with van der Waals surface area (Å²) in [4.78, 5) is 14.8. The number of likely N-dealkylation sites (tertiary alicyclic amines) is 1. The first kappa shape index (κ1) is 19.1. The fourth-order valence-electron chi connectivity index (χ4n) is 4.72. The van der Waals surface area contributed by atoms with Gasteiger partial charge in [-0.3, -0.25) is 4.79 Å². The first-order valence-electron chi connectivity index (χ1n) is 11.1. The molecule has 1 fully saturated rings. The van der Waals surface area contributed by atoms with Crippen LogP contribution in [0.3, 0.4) is 0 Å². The maximum Gasteiger partial charge on any atom is 0.260 e. The van der Waals surface area contributed by atoms with Crippen LogP contribution in [0.15, 0.2) is 42.5 Å². The molecule has 1 unspecified atom stereocenters. The molecule has 6 heteroatoms. The van der Waals surface area contributed by atoms with Crippen molar-refractivity contribution in [3.63, 3.8) is 0 Å². The Hall–Kier alpha value is -2.89. The van der Waals surface area contributed by atoms with Gasteiger partial charge in [0.05, 0.1) is 0 Å². The molecule has 6 nitrogen and oxygen atoms in total. The van der Waals surface area contributed by atoms with Crippen LogP contribution in [0.5, 0.6) is 5.75 Å². The monoisotopic (exact) mass is 404 g/mol. The molecule has 0 aliphatic carbocycles. The van der Waals surface area contributed by atoms with Gasteiger partial charge in [-0.05, 0) is 48.6 Å². The normalized spacial score (nSPS) is 19.3. The SMILES string of the molecule is O=C(COc1ccc2ccccc2c1)N1CCCC(c2nnc3n2CCCCC3)C1. The molecule has 2 aliphatic heterocycles. The topological polar surface area (TPSA) is 60.2 Å². The number of nitrogens with zero attached hydrogens (tertiary/aromatic N) is 4. The summed E-state index contributed by atoms with van der Waals surface area (Å²) in [5.74, 6) is 3.23. The van der Waals surface area contributed by atoms with Crippen LogP contribution >= 0.6 is 0 Å². The maximum absolute atomic E-state index is 12.9. The summed E-state index contributed by atoms with van der Waals surface area (Å²) >= 11 is 0. The van der Waals surface area contributed by atoms with E-state index in [1.807, 2.05) is 35.2 Å². The number of benzene rings is 2. The standard InChI is InChI=1S/C24H28N4O2/c29-23(17-30-21-12-11-18-7-3-4-8-19(18)15-21)27-13-6-9-20(16-27)24-26-25-22-10-2-1-5-14-28(22)24/h3-4,7-8,11-12,15,20H,1-2,5-6,9-10,13-14,16-17H2. The predicted molar refractivity (Wildman–Crippen MR) is 116 cm³/mol. The zero-order chi connectivity index (χ0) is 20.3. The molecule has 156 valence electrons. The van der Waals surface area contributed by atoms with E-state index in [0.717, 1.165) is 55.1 Å². The van der Waals surface area contributed by atoms with Crippen molar-refractivity contribution in [2.75, 3.05) is 19.7 Å². The lowest BCUT2D eigenvalue weighted by Gasteiger charge is -2.32. The van der Waals surface area contributed by atoms with Gasteiger partial charge in [-0.1, -0.05) is 36.8 Å². The highest BCUT2D eigenvalue weighted by atomic mass is 16.5. The molecule has 0 saturated carbocycles. The Morgan fingerprint density at radius 1 is 1.00 bits per heavy atom. The third kappa shape index (κ3) is 3.91. The molecule has 1 amide bonds. The number of ether oxygens (including phenoxy) is 1. The Morgan fingerprint density at radius 2 is 1.90 bits per heavy atom. The van der Waals surface area contributed by atoms with Gasteiger partial charge in [0.15, 0.2) is 6.61 Å². The van der Waals surface area contributed by atoms with Crippen molar-refractivity contribution in [3.8, 4) is 5.75 Å². The van der Waals surface area contributed by atoms with Gasteiger partial charge >= 0.3 is 0 Å². The minimum Gasteiger partial charge on any atom is -0.484 e. The maximum atomic E-state index is 12.9. The van der Waals surface area contributed by atoms with Gasteiger partial charge in [-0.25, -0.2) is 0 Å². The van der Waals surface area contributed by atoms with Crippen molar-refractivity contribution in [1.82, 2.24) is 19.7 Å². The number of piperidine rings is 1. The number of carbonyl (C=O) groups excluding carboxylic acids is 1. The molecule has 30 heavy (non-hydrogen) atoms. The highest BCUT2D eigenvalue weighted by Crippen LogP contribution is 2.28. The van der Waals surface area contributed by atoms with E-state index in [9.17, 15) is 4.79 Å². The molecule has 5 rings (SSSR count). The van der Waals surface area contributed by atoms with E-state index in [2.05, 4.69) is 26.9 Å². The average molecular weight is 405 g/mol. The lowest BCUT2D eigenvalue weighted by atomic mass is 9.97. The van der Waals surface area contributed by atoms with E-state index < -0.39 is 0 Å². The zero-order valence-corrected chi connectivity index (χ0v) is 17.3. The second kappa shape index (κ2) is 8.46. The molecule has 1 aromatic heterocycles. The van der Waals surface area contributed by atoms with Crippen LogP contribution in [0.2, 0.25) is 0 Å². The second-order valence-corrected chi connectivity index (χ2v) is 8.41. The van der Waals surface area contributed by atoms with Crippen LogP contribution < -0.4 is 4.74 Å². The van der Waals surface area contributed by atoms with Gasteiger partial charge in [-0.2, -0.15) is 0 Å². The van der Waals surface area contributed by atoms with Crippen LogP contribution in [0.1, 0.15) is 49.7 Å². The van der Waals surface area contributed by atoms with Crippen LogP contribution in [-0.2, 0) is 17.8 Å². The number of hydrogen-bond donors (Lipinski definition) is 0. The van der Waals surface area contributed by atoms with Crippen molar-refractivity contribution in [3.05, 3.63) is 54.1 Å². The molecule has 1 saturated heterocycles. The predicted octanol–water partition coefficient (Wildman–Crippen LogP) is 3.94. The summed E-state index contributed by atoms with van der Waals surface area (Å²) in [6, 6.07) is 14.1. The van der Waals surface area contributed by atoms with Gasteiger partial charge in [-0.15, -0.1) is 10.2 Å². The number of aryl methyl sites for hydroxylation is 1. The largest absolute Gasteiger partial charge is 0.484 e. The lowest BCUT2D eigenvalue weighted by molar-refractivity contribution is -0.134. The smallest absolute Gasteiger partial charge is 0.260 e. The molecule has 0 bridgehead atoms. The lowest BCUT2D eigenvalue weighted by Crippen LogP contribution is -2.42. The van der Waals surface area contributed by atoms with Gasteiger partial charge in [0.1, 0.15) is 17.4 Å². The van der Waals surface area contributed by atoms with Gasteiger partial charge in [0.2, 0.25) is 0 Å². The molecule has 0 radical (unpaired) electrons. The molecular weight excluding hydrogens is 376 g/mol. The fourth-order valence-corrected chi connectivity index (χ4v) is 4.72. The Morgan fingerprint density at radius 3 is 2.83 bits per heavy atom. The Kier molecular flexibility index (Phi) is 5.39. The average Bonchev–Trinajstić information content (AvgIpc) is 3.05. The van der Waals surface area contributed by atoms with Crippen LogP contribution in [0.4, 0.5) is 0 Å². The summed E-state index contributed by atoms with van der Waals surface area (Å²) < 4.78 is 8.15. The Balaban J connectivity index is 1.23. The van der Waals surface area contributed by atoms with E-state index in [4.69, 9.17) is 4.74 Å². The van der Waals surface area contributed by atoms with Gasteiger partial charge < -0.3 is 14.2 Å². The third-order valence-corrected chi connectivity index (χ3v) is 6.36. The van der Waals surface area contributed by atoms with E-state index >= 15 is 0 Å². The second-order valence-electron chi connectivity index (χ2n) is 8.41. The molecule has 1 atom stereocenters. The van der Waals surface area contributed by atoms with Crippen LogP contribution in [0.25, 0.3) is 10.8 Å². The quantitative estimate of drug-likeness (QED) is 0.661. The molecule has 0 N–H and O–H groups in total. The molecule has 2 aromatic carbocycles. The number of aromatic nitrogens is 3. The number of fused-ring (bicyclic) bond motifs is 2. The minimum absolute atomic E-state index is 0.0449. The van der Waals surface area contributed by atoms with Crippen molar-refractivity contribution in [2.45, 2.75) is 51.0 Å². The summed E-state index contributed by atoms with van der Waals surface area (Å²) in [7, 11) is 0. The molecule has 3 heterocycles. The number of amides is 1. The summed E-state index contributed by atoms with van der Waals surface area (Å²) in [6.07, 6.45) is 6.71. The molecular formula is C24H28N4O2. The highest BCUT2D eigenvalue weighted by Gasteiger charge is 2.29. The van der Waals surface area contributed by atoms with Crippen molar-refractivity contribution >= 4 is 16.7 Å². The fraction of sp³-hybridized carbons (Fsp3) is 0.458. The minimum atomic E-state index is 0.0449. The zero-order valence-electron chi connectivity index (χ0n) is 17.3. The number of hydrogen-bond acceptors (Lipinski definition) is 4. The molecule has 3 aromatic rings. The van der Waals surface area contributed by atoms with Gasteiger partial charge in [0, 0.05) is 32.0 Å². The number of carbonyl (C=O) groups is 1. The van der Waals surface area contributed by atoms with E-state index in [0.29, 0.717) is 6.54 Å². The van der Waals surface area contributed by atoms with Crippen LogP contribution in [-0.4, -0.2) is 45.3 Å². The first-order valence-corrected chi connectivity index (χ1v) is 11.1. The Bertz CT molecular complexity index is 1040.